The summed E-state index contributed by atoms with van der Waals surface area (Å²) in [6, 6.07) is 13.2. The minimum atomic E-state index is -0.604. The van der Waals surface area contributed by atoms with Gasteiger partial charge in [-0.05, 0) is 41.8 Å². The summed E-state index contributed by atoms with van der Waals surface area (Å²) in [4.78, 5) is 38.3. The third-order valence-corrected chi connectivity index (χ3v) is 4.59. The molecular formula is C21H24N4O3. The summed E-state index contributed by atoms with van der Waals surface area (Å²) in [5, 5.41) is 5.55. The van der Waals surface area contributed by atoms with Crippen LogP contribution < -0.4 is 16.4 Å². The number of urea groups is 1. The van der Waals surface area contributed by atoms with Crippen LogP contribution in [0.15, 0.2) is 48.5 Å². The van der Waals surface area contributed by atoms with E-state index in [1.54, 1.807) is 36.4 Å². The average molecular weight is 380 g/mol. The number of nitrogen functional groups attached to an aromatic ring is 1. The quantitative estimate of drug-likeness (QED) is 0.505. The van der Waals surface area contributed by atoms with Crippen molar-refractivity contribution in [1.82, 2.24) is 15.5 Å². The molecule has 1 fully saturated rings. The van der Waals surface area contributed by atoms with Crippen LogP contribution >= 0.6 is 0 Å². The second kappa shape index (κ2) is 8.56. The van der Waals surface area contributed by atoms with Gasteiger partial charge in [-0.25, -0.2) is 4.79 Å². The van der Waals surface area contributed by atoms with Gasteiger partial charge in [0.25, 0.3) is 11.8 Å². The molecule has 2 aromatic rings. The summed E-state index contributed by atoms with van der Waals surface area (Å²) in [5.41, 5.74) is 8.48. The zero-order valence-corrected chi connectivity index (χ0v) is 15.8. The van der Waals surface area contributed by atoms with Gasteiger partial charge in [-0.1, -0.05) is 31.2 Å². The first-order chi connectivity index (χ1) is 13.5. The van der Waals surface area contributed by atoms with Crippen LogP contribution in [0.25, 0.3) is 0 Å². The van der Waals surface area contributed by atoms with Crippen molar-refractivity contribution >= 4 is 23.5 Å². The zero-order chi connectivity index (χ0) is 20.1. The van der Waals surface area contributed by atoms with E-state index in [0.717, 1.165) is 17.5 Å². The molecule has 0 saturated carbocycles. The fourth-order valence-electron chi connectivity index (χ4n) is 3.09. The van der Waals surface area contributed by atoms with Crippen molar-refractivity contribution in [3.8, 4) is 0 Å². The number of imide groups is 1. The standard InChI is InChI=1S/C21H24N4O3/c1-2-10-23-19(26)16-5-3-4-15(11-16)13-25-20(27)18(24-21(25)28)12-14-6-8-17(22)9-7-14/h3-9,11,18H,2,10,12-13,22H2,1H3,(H,23,26)(H,24,28). The lowest BCUT2D eigenvalue weighted by atomic mass is 10.1. The number of rotatable bonds is 7. The number of carbonyl (C=O) groups is 3. The van der Waals surface area contributed by atoms with E-state index in [4.69, 9.17) is 5.73 Å². The predicted molar refractivity (Wildman–Crippen MR) is 106 cm³/mol. The summed E-state index contributed by atoms with van der Waals surface area (Å²) in [5.74, 6) is -0.440. The van der Waals surface area contributed by atoms with Crippen molar-refractivity contribution in [2.24, 2.45) is 0 Å². The Kier molecular flexibility index (Phi) is 5.93. The van der Waals surface area contributed by atoms with Gasteiger partial charge < -0.3 is 16.4 Å². The fourth-order valence-corrected chi connectivity index (χ4v) is 3.09. The lowest BCUT2D eigenvalue weighted by Crippen LogP contribution is -2.32. The maximum Gasteiger partial charge on any atom is 0.325 e. The number of amides is 4. The van der Waals surface area contributed by atoms with Crippen LogP contribution in [0.2, 0.25) is 0 Å². The highest BCUT2D eigenvalue weighted by Gasteiger charge is 2.37. The van der Waals surface area contributed by atoms with Crippen LogP contribution in [0.3, 0.4) is 0 Å². The molecule has 1 aliphatic heterocycles. The largest absolute Gasteiger partial charge is 0.399 e. The summed E-state index contributed by atoms with van der Waals surface area (Å²) in [7, 11) is 0. The summed E-state index contributed by atoms with van der Waals surface area (Å²) in [6.07, 6.45) is 1.25. The Balaban J connectivity index is 1.67. The van der Waals surface area contributed by atoms with Crippen LogP contribution in [0.5, 0.6) is 0 Å². The molecule has 146 valence electrons. The highest BCUT2D eigenvalue weighted by atomic mass is 16.2. The number of nitrogens with one attached hydrogen (secondary N) is 2. The smallest absolute Gasteiger partial charge is 0.325 e. The van der Waals surface area contributed by atoms with Gasteiger partial charge in [-0.2, -0.15) is 0 Å². The molecule has 1 heterocycles. The molecule has 0 bridgehead atoms. The van der Waals surface area contributed by atoms with Gasteiger partial charge in [0.05, 0.1) is 6.54 Å². The van der Waals surface area contributed by atoms with Gasteiger partial charge in [0.1, 0.15) is 6.04 Å². The maximum atomic E-state index is 12.7. The topological polar surface area (TPSA) is 105 Å². The molecule has 4 N–H and O–H groups in total. The van der Waals surface area contributed by atoms with Gasteiger partial charge in [-0.15, -0.1) is 0 Å². The van der Waals surface area contributed by atoms with Gasteiger partial charge in [0.15, 0.2) is 0 Å². The van der Waals surface area contributed by atoms with E-state index in [1.165, 1.54) is 4.90 Å². The van der Waals surface area contributed by atoms with Crippen molar-refractivity contribution < 1.29 is 14.4 Å². The summed E-state index contributed by atoms with van der Waals surface area (Å²) in [6.45, 7) is 2.70. The summed E-state index contributed by atoms with van der Waals surface area (Å²) >= 11 is 0. The minimum Gasteiger partial charge on any atom is -0.399 e. The molecule has 4 amide bonds. The number of benzene rings is 2. The molecule has 1 saturated heterocycles. The number of nitrogens with two attached hydrogens (primary N) is 1. The van der Waals surface area contributed by atoms with Crippen LogP contribution in [-0.2, 0) is 17.8 Å². The highest BCUT2D eigenvalue weighted by Crippen LogP contribution is 2.17. The normalized spacial score (nSPS) is 16.2. The first kappa shape index (κ1) is 19.4. The molecule has 1 unspecified atom stereocenters. The Morgan fingerprint density at radius 3 is 2.61 bits per heavy atom. The lowest BCUT2D eigenvalue weighted by molar-refractivity contribution is -0.127. The number of hydrogen-bond donors (Lipinski definition) is 3. The van der Waals surface area contributed by atoms with E-state index in [1.807, 2.05) is 19.1 Å². The second-order valence-electron chi connectivity index (χ2n) is 6.83. The van der Waals surface area contributed by atoms with E-state index < -0.39 is 12.1 Å². The monoisotopic (exact) mass is 380 g/mol. The first-order valence-corrected chi connectivity index (χ1v) is 9.31. The number of nitrogens with zero attached hydrogens (tertiary/aromatic N) is 1. The third kappa shape index (κ3) is 4.49. The Labute approximate surface area is 163 Å². The average Bonchev–Trinajstić information content (AvgIpc) is 2.95. The molecule has 0 aromatic heterocycles. The van der Waals surface area contributed by atoms with Crippen molar-refractivity contribution in [3.05, 3.63) is 65.2 Å². The van der Waals surface area contributed by atoms with E-state index >= 15 is 0 Å². The number of anilines is 1. The van der Waals surface area contributed by atoms with Gasteiger partial charge in [0, 0.05) is 24.2 Å². The molecule has 0 radical (unpaired) electrons. The van der Waals surface area contributed by atoms with Crippen LogP contribution in [0.4, 0.5) is 10.5 Å². The van der Waals surface area contributed by atoms with Crippen LogP contribution in [-0.4, -0.2) is 35.3 Å². The van der Waals surface area contributed by atoms with Crippen molar-refractivity contribution in [3.63, 3.8) is 0 Å². The van der Waals surface area contributed by atoms with Gasteiger partial charge in [-0.3, -0.25) is 14.5 Å². The molecule has 1 aliphatic rings. The second-order valence-corrected chi connectivity index (χ2v) is 6.83. The molecule has 28 heavy (non-hydrogen) atoms. The highest BCUT2D eigenvalue weighted by molar-refractivity contribution is 6.04. The first-order valence-electron chi connectivity index (χ1n) is 9.31. The molecule has 2 aromatic carbocycles. The predicted octanol–water partition coefficient (Wildman–Crippen LogP) is 2.07. The summed E-state index contributed by atoms with van der Waals surface area (Å²) < 4.78 is 0. The lowest BCUT2D eigenvalue weighted by Gasteiger charge is -2.14. The Bertz CT molecular complexity index is 879. The van der Waals surface area contributed by atoms with E-state index in [9.17, 15) is 14.4 Å². The zero-order valence-electron chi connectivity index (χ0n) is 15.8. The number of carbonyl (C=O) groups excluding carboxylic acids is 3. The Hall–Kier alpha value is -3.35. The SMILES string of the molecule is CCCNC(=O)c1cccc(CN2C(=O)NC(Cc3ccc(N)cc3)C2=O)c1. The van der Waals surface area contributed by atoms with E-state index in [-0.39, 0.29) is 18.4 Å². The molecule has 0 spiro atoms. The molecular weight excluding hydrogens is 356 g/mol. The third-order valence-electron chi connectivity index (χ3n) is 4.59. The minimum absolute atomic E-state index is 0.123. The Morgan fingerprint density at radius 1 is 1.14 bits per heavy atom. The van der Waals surface area contributed by atoms with Gasteiger partial charge in [0.2, 0.25) is 0 Å². The van der Waals surface area contributed by atoms with Gasteiger partial charge >= 0.3 is 6.03 Å². The molecule has 7 nitrogen and oxygen atoms in total. The van der Waals surface area contributed by atoms with Crippen molar-refractivity contribution in [1.29, 1.82) is 0 Å². The fraction of sp³-hybridized carbons (Fsp3) is 0.286. The molecule has 3 rings (SSSR count). The maximum absolute atomic E-state index is 12.7. The molecule has 0 aliphatic carbocycles. The molecule has 7 heteroatoms. The van der Waals surface area contributed by atoms with Crippen LogP contribution in [0, 0.1) is 0 Å². The van der Waals surface area contributed by atoms with Crippen molar-refractivity contribution in [2.45, 2.75) is 32.4 Å². The Morgan fingerprint density at radius 2 is 1.89 bits per heavy atom. The van der Waals surface area contributed by atoms with E-state index in [2.05, 4.69) is 10.6 Å². The van der Waals surface area contributed by atoms with E-state index in [0.29, 0.717) is 24.2 Å². The number of hydrogen-bond acceptors (Lipinski definition) is 4. The van der Waals surface area contributed by atoms with Crippen LogP contribution in [0.1, 0.15) is 34.8 Å². The molecule has 1 atom stereocenters. The van der Waals surface area contributed by atoms with Crippen molar-refractivity contribution in [2.75, 3.05) is 12.3 Å².